The molecule has 1 amide bonds. The van der Waals surface area contributed by atoms with Crippen LogP contribution in [0.1, 0.15) is 26.3 Å². The zero-order valence-electron chi connectivity index (χ0n) is 14.4. The van der Waals surface area contributed by atoms with Crippen LogP contribution < -0.4 is 10.7 Å². The molecule has 1 aliphatic heterocycles. The first-order valence-corrected chi connectivity index (χ1v) is 8.44. The smallest absolute Gasteiger partial charge is 0.217 e. The van der Waals surface area contributed by atoms with Gasteiger partial charge in [-0.3, -0.25) is 14.5 Å². The zero-order chi connectivity index (χ0) is 17.3. The minimum atomic E-state index is -0.00211. The van der Waals surface area contributed by atoms with E-state index in [1.54, 1.807) is 25.3 Å². The van der Waals surface area contributed by atoms with Crippen molar-refractivity contribution >= 4 is 16.9 Å². The van der Waals surface area contributed by atoms with Gasteiger partial charge < -0.3 is 9.73 Å². The molecular formula is C19H24N2O3. The van der Waals surface area contributed by atoms with Crippen molar-refractivity contribution in [2.75, 3.05) is 13.1 Å². The van der Waals surface area contributed by atoms with Crippen LogP contribution >= 0.6 is 0 Å². The Morgan fingerprint density at radius 3 is 2.79 bits per heavy atom. The maximum Gasteiger partial charge on any atom is 0.217 e. The maximum atomic E-state index is 12.6. The second kappa shape index (κ2) is 6.77. The van der Waals surface area contributed by atoms with Gasteiger partial charge in [0.25, 0.3) is 0 Å². The fourth-order valence-electron chi connectivity index (χ4n) is 3.60. The Bertz CT molecular complexity index is 797. The van der Waals surface area contributed by atoms with Gasteiger partial charge in [0.2, 0.25) is 5.91 Å². The van der Waals surface area contributed by atoms with E-state index >= 15 is 0 Å². The Hall–Kier alpha value is -2.14. The van der Waals surface area contributed by atoms with Gasteiger partial charge in [0.1, 0.15) is 5.58 Å². The molecule has 0 bridgehead atoms. The SMILES string of the molecule is CC(=O)N[C@@H]1CN(Cc2coc3ccccc3c2=O)C[C@H]1C(C)C. The van der Waals surface area contributed by atoms with Crippen LogP contribution in [0.15, 0.2) is 39.7 Å². The number of carbonyl (C=O) groups excluding carboxylic acids is 1. The van der Waals surface area contributed by atoms with Gasteiger partial charge in [-0.05, 0) is 24.0 Å². The summed E-state index contributed by atoms with van der Waals surface area (Å²) in [6, 6.07) is 7.44. The van der Waals surface area contributed by atoms with Crippen LogP contribution in [0.3, 0.4) is 0 Å². The third kappa shape index (κ3) is 3.36. The number of hydrogen-bond acceptors (Lipinski definition) is 4. The Kier molecular flexibility index (Phi) is 4.71. The molecule has 2 heterocycles. The van der Waals surface area contributed by atoms with Gasteiger partial charge in [-0.15, -0.1) is 0 Å². The van der Waals surface area contributed by atoms with E-state index in [0.717, 1.165) is 13.1 Å². The minimum Gasteiger partial charge on any atom is -0.464 e. The topological polar surface area (TPSA) is 62.6 Å². The van der Waals surface area contributed by atoms with E-state index in [-0.39, 0.29) is 17.4 Å². The molecule has 1 saturated heterocycles. The number of fused-ring (bicyclic) bond motifs is 1. The fraction of sp³-hybridized carbons (Fsp3) is 0.474. The number of nitrogens with one attached hydrogen (secondary N) is 1. The highest BCUT2D eigenvalue weighted by Gasteiger charge is 2.35. The first-order valence-electron chi connectivity index (χ1n) is 8.44. The molecule has 0 saturated carbocycles. The normalized spacial score (nSPS) is 21.5. The van der Waals surface area contributed by atoms with Crippen molar-refractivity contribution in [2.45, 2.75) is 33.4 Å². The molecular weight excluding hydrogens is 304 g/mol. The lowest BCUT2D eigenvalue weighted by Crippen LogP contribution is -2.40. The van der Waals surface area contributed by atoms with E-state index in [2.05, 4.69) is 24.1 Å². The molecule has 0 unspecified atom stereocenters. The monoisotopic (exact) mass is 328 g/mol. The number of nitrogens with zero attached hydrogens (tertiary/aromatic N) is 1. The molecule has 0 spiro atoms. The molecule has 5 heteroatoms. The molecule has 3 rings (SSSR count). The molecule has 1 N–H and O–H groups in total. The average molecular weight is 328 g/mol. The molecule has 1 aromatic carbocycles. The lowest BCUT2D eigenvalue weighted by molar-refractivity contribution is -0.119. The lowest BCUT2D eigenvalue weighted by atomic mass is 9.91. The van der Waals surface area contributed by atoms with Crippen LogP contribution in [0.5, 0.6) is 0 Å². The van der Waals surface area contributed by atoms with Crippen LogP contribution in [0.4, 0.5) is 0 Å². The molecule has 2 aromatic rings. The van der Waals surface area contributed by atoms with Crippen LogP contribution in [-0.4, -0.2) is 29.9 Å². The molecule has 24 heavy (non-hydrogen) atoms. The van der Waals surface area contributed by atoms with Crippen molar-refractivity contribution in [3.8, 4) is 0 Å². The van der Waals surface area contributed by atoms with Crippen molar-refractivity contribution in [1.82, 2.24) is 10.2 Å². The number of rotatable bonds is 4. The summed E-state index contributed by atoms with van der Waals surface area (Å²) in [5, 5.41) is 3.67. The molecule has 5 nitrogen and oxygen atoms in total. The van der Waals surface area contributed by atoms with E-state index < -0.39 is 0 Å². The molecule has 1 aromatic heterocycles. The van der Waals surface area contributed by atoms with Crippen LogP contribution in [0.25, 0.3) is 11.0 Å². The summed E-state index contributed by atoms with van der Waals surface area (Å²) in [4.78, 5) is 26.3. The van der Waals surface area contributed by atoms with Crippen LogP contribution in [-0.2, 0) is 11.3 Å². The predicted molar refractivity (Wildman–Crippen MR) is 93.7 cm³/mol. The van der Waals surface area contributed by atoms with Crippen molar-refractivity contribution < 1.29 is 9.21 Å². The van der Waals surface area contributed by atoms with Gasteiger partial charge in [-0.25, -0.2) is 0 Å². The molecule has 1 aliphatic rings. The van der Waals surface area contributed by atoms with Crippen molar-refractivity contribution in [1.29, 1.82) is 0 Å². The van der Waals surface area contributed by atoms with E-state index in [1.807, 2.05) is 12.1 Å². The summed E-state index contributed by atoms with van der Waals surface area (Å²) in [6.07, 6.45) is 1.57. The van der Waals surface area contributed by atoms with E-state index in [9.17, 15) is 9.59 Å². The molecule has 0 aliphatic carbocycles. The van der Waals surface area contributed by atoms with Gasteiger partial charge in [0.05, 0.1) is 11.6 Å². The third-order valence-corrected chi connectivity index (χ3v) is 4.83. The van der Waals surface area contributed by atoms with Crippen molar-refractivity contribution in [3.63, 3.8) is 0 Å². The van der Waals surface area contributed by atoms with Crippen molar-refractivity contribution in [2.24, 2.45) is 11.8 Å². The number of amides is 1. The highest BCUT2D eigenvalue weighted by atomic mass is 16.3. The number of para-hydroxylation sites is 1. The highest BCUT2D eigenvalue weighted by Crippen LogP contribution is 2.25. The highest BCUT2D eigenvalue weighted by molar-refractivity contribution is 5.76. The molecule has 2 atom stereocenters. The Morgan fingerprint density at radius 1 is 1.33 bits per heavy atom. The fourth-order valence-corrected chi connectivity index (χ4v) is 3.60. The predicted octanol–water partition coefficient (Wildman–Crippen LogP) is 2.39. The quantitative estimate of drug-likeness (QED) is 0.936. The Balaban J connectivity index is 1.80. The summed E-state index contributed by atoms with van der Waals surface area (Å²) in [5.41, 5.74) is 1.31. The summed E-state index contributed by atoms with van der Waals surface area (Å²) >= 11 is 0. The van der Waals surface area contributed by atoms with Gasteiger partial charge in [0, 0.05) is 38.2 Å². The summed E-state index contributed by atoms with van der Waals surface area (Å²) in [5.74, 6) is 0.860. The van der Waals surface area contributed by atoms with Crippen LogP contribution in [0, 0.1) is 11.8 Å². The summed E-state index contributed by atoms with van der Waals surface area (Å²) < 4.78 is 5.60. The standard InChI is InChI=1S/C19H24N2O3/c1-12(2)16-9-21(10-17(16)20-13(3)22)8-14-11-24-18-7-5-4-6-15(18)19(14)23/h4-7,11-12,16-17H,8-10H2,1-3H3,(H,20,22)/t16-,17+/m0/s1. The number of hydrogen-bond donors (Lipinski definition) is 1. The summed E-state index contributed by atoms with van der Waals surface area (Å²) in [7, 11) is 0. The van der Waals surface area contributed by atoms with Gasteiger partial charge in [-0.1, -0.05) is 26.0 Å². The Labute approximate surface area is 141 Å². The number of likely N-dealkylation sites (tertiary alicyclic amines) is 1. The Morgan fingerprint density at radius 2 is 2.08 bits per heavy atom. The molecule has 0 radical (unpaired) electrons. The maximum absolute atomic E-state index is 12.6. The second-order valence-electron chi connectivity index (χ2n) is 7.00. The van der Waals surface area contributed by atoms with Gasteiger partial charge in [0.15, 0.2) is 5.43 Å². The summed E-state index contributed by atoms with van der Waals surface area (Å²) in [6.45, 7) is 8.08. The largest absolute Gasteiger partial charge is 0.464 e. The van der Waals surface area contributed by atoms with E-state index in [0.29, 0.717) is 34.9 Å². The van der Waals surface area contributed by atoms with E-state index in [4.69, 9.17) is 4.42 Å². The second-order valence-corrected chi connectivity index (χ2v) is 7.00. The third-order valence-electron chi connectivity index (χ3n) is 4.83. The number of benzene rings is 1. The first kappa shape index (κ1) is 16.7. The molecule has 128 valence electrons. The lowest BCUT2D eigenvalue weighted by Gasteiger charge is -2.22. The zero-order valence-corrected chi connectivity index (χ0v) is 14.4. The minimum absolute atomic E-state index is 0.00211. The average Bonchev–Trinajstić information content (AvgIpc) is 2.92. The van der Waals surface area contributed by atoms with E-state index in [1.165, 1.54) is 0 Å². The molecule has 1 fully saturated rings. The number of carbonyl (C=O) groups is 1. The van der Waals surface area contributed by atoms with Crippen LogP contribution in [0.2, 0.25) is 0 Å². The van der Waals surface area contributed by atoms with Gasteiger partial charge >= 0.3 is 0 Å². The first-order chi connectivity index (χ1) is 11.5. The van der Waals surface area contributed by atoms with Crippen molar-refractivity contribution in [3.05, 3.63) is 46.3 Å². The van der Waals surface area contributed by atoms with Gasteiger partial charge in [-0.2, -0.15) is 0 Å².